The van der Waals surface area contributed by atoms with E-state index in [0.29, 0.717) is 0 Å². The molecule has 0 unspecified atom stereocenters. The van der Waals surface area contributed by atoms with Crippen molar-refractivity contribution in [2.45, 2.75) is 0 Å². The summed E-state index contributed by atoms with van der Waals surface area (Å²) in [5.41, 5.74) is 0. The fourth-order valence-electron chi connectivity index (χ4n) is 0.0227. The van der Waals surface area contributed by atoms with Gasteiger partial charge in [-0.3, -0.25) is 0 Å². The predicted octanol–water partition coefficient (Wildman–Crippen LogP) is -3.54. The van der Waals surface area contributed by atoms with E-state index in [9.17, 15) is 7.61 Å². The molecule has 0 bridgehead atoms. The molecule has 0 heterocycles. The van der Waals surface area contributed by atoms with Crippen molar-refractivity contribution in [1.29, 1.82) is 0 Å². The molecular weight excluding hydrogens is 150 g/mol. The molecule has 0 aromatic rings. The zero-order valence-electron chi connectivity index (χ0n) is 3.88. The van der Waals surface area contributed by atoms with Crippen LogP contribution in [0.1, 0.15) is 0 Å². The molecule has 48 valence electrons. The minimum absolute atomic E-state index is 0. The van der Waals surface area contributed by atoms with E-state index in [1.165, 1.54) is 0 Å². The van der Waals surface area contributed by atoms with Gasteiger partial charge in [0.1, 0.15) is 0 Å². The Bertz CT molecular complexity index is 35.8. The first-order chi connectivity index (χ1) is 2.41. The molecule has 6 nitrogen and oxygen atoms in total. The fraction of sp³-hybridized carbons (Fsp3) is 0. The Balaban J connectivity index is -0.0000000267. The molecule has 0 saturated heterocycles. The first kappa shape index (κ1) is 23.8. The summed E-state index contributed by atoms with van der Waals surface area (Å²) < 4.78 is 22.3. The Labute approximate surface area is 58.3 Å². The van der Waals surface area contributed by atoms with E-state index in [1.807, 2.05) is 0 Å². The molecule has 0 aromatic carbocycles. The van der Waals surface area contributed by atoms with Gasteiger partial charge in [-0.25, -0.2) is 0 Å². The molecule has 0 atom stereocenters. The van der Waals surface area contributed by atoms with Gasteiger partial charge in [-0.2, -0.15) is 0 Å². The molecule has 0 aromatic heterocycles. The second-order valence-corrected chi connectivity index (χ2v) is 1.80. The zero-order chi connectivity index (χ0) is 4.12. The van der Waals surface area contributed by atoms with Crippen molar-refractivity contribution >= 4 is 31.0 Å². The van der Waals surface area contributed by atoms with Gasteiger partial charge in [0.25, 0.3) is 0 Å². The Kier molecular flexibility index (Phi) is 78.8. The van der Waals surface area contributed by atoms with Crippen molar-refractivity contribution in [3.63, 3.8) is 0 Å². The zero-order valence-corrected chi connectivity index (χ0v) is 6.19. The summed E-state index contributed by atoms with van der Waals surface area (Å²) in [6.07, 6.45) is 0. The molecule has 8 heavy (non-hydrogen) atoms. The second kappa shape index (κ2) is 26.4. The van der Waals surface area contributed by atoms with Gasteiger partial charge in [-0.05, 0) is 0 Å². The van der Waals surface area contributed by atoms with Gasteiger partial charge in [-0.1, -0.05) is 0 Å². The third kappa shape index (κ3) is 33.0. The van der Waals surface area contributed by atoms with Crippen molar-refractivity contribution in [3.8, 4) is 0 Å². The number of hydrogen-bond acceptors (Lipinski definition) is 3. The number of hydrogen-bond donors (Lipinski definition) is 0. The minimum atomic E-state index is -1.24. The van der Waals surface area contributed by atoms with Crippen molar-refractivity contribution in [1.82, 2.24) is 0 Å². The summed E-state index contributed by atoms with van der Waals surface area (Å²) in [4.78, 5) is 0. The van der Waals surface area contributed by atoms with Crippen LogP contribution in [0.4, 0.5) is 0 Å². The van der Waals surface area contributed by atoms with Crippen LogP contribution in [0.15, 0.2) is 0 Å². The van der Waals surface area contributed by atoms with Gasteiger partial charge in [0.05, 0.1) is 0 Å². The first-order valence-electron chi connectivity index (χ1n) is 0.943. The van der Waals surface area contributed by atoms with Crippen LogP contribution in [-0.2, 0) is 10.4 Å². The van der Waals surface area contributed by atoms with Gasteiger partial charge in [-0.15, -0.1) is 0 Å². The van der Waals surface area contributed by atoms with Crippen LogP contribution in [0, 0.1) is 0 Å². The van der Waals surface area contributed by atoms with E-state index in [2.05, 4.69) is 2.84 Å². The van der Waals surface area contributed by atoms with Crippen molar-refractivity contribution in [3.05, 3.63) is 0 Å². The molecule has 0 aliphatic rings. The van der Waals surface area contributed by atoms with Crippen molar-refractivity contribution < 1.29 is 26.9 Å². The molecule has 0 saturated carbocycles. The average Bonchev–Trinajstić information content (AvgIpc) is 1.41. The molecule has 0 aliphatic carbocycles. The molecule has 0 rings (SSSR count). The molecule has 0 fully saturated rings. The SMILES string of the molecule is O.O.O.[O]=[Al][O][Al]=[O]. The molecule has 0 radical (unpaired) electrons. The quantitative estimate of drug-likeness (QED) is 0.382. The van der Waals surface area contributed by atoms with E-state index in [1.54, 1.807) is 0 Å². The summed E-state index contributed by atoms with van der Waals surface area (Å²) in [5, 5.41) is 0. The maximum atomic E-state index is 9.21. The molecule has 6 N–H and O–H groups in total. The average molecular weight is 156 g/mol. The second-order valence-electron chi connectivity index (χ2n) is 0.329. The fourth-order valence-corrected chi connectivity index (χ4v) is 0.204. The van der Waals surface area contributed by atoms with Crippen LogP contribution in [0.2, 0.25) is 0 Å². The van der Waals surface area contributed by atoms with Gasteiger partial charge in [0.15, 0.2) is 0 Å². The third-order valence-electron chi connectivity index (χ3n) is 0.111. The van der Waals surface area contributed by atoms with Crippen LogP contribution in [0.5, 0.6) is 0 Å². The Hall–Kier alpha value is 0.345. The van der Waals surface area contributed by atoms with Crippen LogP contribution < -0.4 is 0 Å². The third-order valence-corrected chi connectivity index (χ3v) is 1.00. The molecule has 0 amide bonds. The summed E-state index contributed by atoms with van der Waals surface area (Å²) in [6, 6.07) is 0. The van der Waals surface area contributed by atoms with Gasteiger partial charge in [0.2, 0.25) is 0 Å². The van der Waals surface area contributed by atoms with E-state index in [4.69, 9.17) is 0 Å². The van der Waals surface area contributed by atoms with E-state index in [-0.39, 0.29) is 16.4 Å². The Morgan fingerprint density at radius 1 is 0.875 bits per heavy atom. The van der Waals surface area contributed by atoms with E-state index in [0.717, 1.165) is 0 Å². The molecule has 0 aliphatic heterocycles. The first-order valence-corrected chi connectivity index (χ1v) is 2.83. The summed E-state index contributed by atoms with van der Waals surface area (Å²) in [5.74, 6) is 0. The van der Waals surface area contributed by atoms with E-state index >= 15 is 0 Å². The molecular formula is H6Al2O6. The number of rotatable bonds is 2. The summed E-state index contributed by atoms with van der Waals surface area (Å²) in [6.45, 7) is 0. The van der Waals surface area contributed by atoms with Crippen LogP contribution >= 0.6 is 0 Å². The predicted molar refractivity (Wildman–Crippen MR) is 24.8 cm³/mol. The maximum absolute atomic E-state index is 9.21. The van der Waals surface area contributed by atoms with Crippen molar-refractivity contribution in [2.24, 2.45) is 0 Å². The Morgan fingerprint density at radius 3 is 1.12 bits per heavy atom. The summed E-state index contributed by atoms with van der Waals surface area (Å²) >= 11 is -2.48. The van der Waals surface area contributed by atoms with Crippen molar-refractivity contribution in [2.75, 3.05) is 0 Å². The standard InChI is InChI=1S/2Al.3H2O.3O/h;;3*1H2;;;. The van der Waals surface area contributed by atoms with Gasteiger partial charge in [0, 0.05) is 0 Å². The van der Waals surface area contributed by atoms with Crippen LogP contribution in [0.25, 0.3) is 0 Å². The van der Waals surface area contributed by atoms with Crippen LogP contribution in [0.3, 0.4) is 0 Å². The van der Waals surface area contributed by atoms with Gasteiger partial charge < -0.3 is 16.4 Å². The Morgan fingerprint density at radius 2 is 1.12 bits per heavy atom. The van der Waals surface area contributed by atoms with E-state index < -0.39 is 31.0 Å². The normalized spacial score (nSPS) is 2.50. The molecule has 8 heteroatoms. The topological polar surface area (TPSA) is 138 Å². The summed E-state index contributed by atoms with van der Waals surface area (Å²) in [7, 11) is 0. The molecule has 0 spiro atoms. The monoisotopic (exact) mass is 156 g/mol. The van der Waals surface area contributed by atoms with Gasteiger partial charge >= 0.3 is 41.4 Å². The van der Waals surface area contributed by atoms with Crippen LogP contribution in [-0.4, -0.2) is 47.4 Å².